The van der Waals surface area contributed by atoms with Crippen molar-refractivity contribution in [3.63, 3.8) is 0 Å². The second-order valence-corrected chi connectivity index (χ2v) is 7.51. The Hall–Kier alpha value is -2.63. The number of aryl methyl sites for hydroxylation is 1. The SMILES string of the molecule is Cn1nc(CCNC(=O)c2ccccc2)c2c1CCN(C(=O)C1CCC1)C2. The molecule has 0 spiro atoms. The fourth-order valence-corrected chi connectivity index (χ4v) is 3.96. The molecule has 1 aromatic carbocycles. The predicted octanol–water partition coefficient (Wildman–Crippen LogP) is 2.08. The molecule has 4 rings (SSSR count). The summed E-state index contributed by atoms with van der Waals surface area (Å²) < 4.78 is 1.94. The molecule has 0 radical (unpaired) electrons. The van der Waals surface area contributed by atoms with Crippen molar-refractivity contribution in [1.29, 1.82) is 0 Å². The van der Waals surface area contributed by atoms with Crippen molar-refractivity contribution >= 4 is 11.8 Å². The van der Waals surface area contributed by atoms with Crippen LogP contribution in [-0.2, 0) is 31.2 Å². The highest BCUT2D eigenvalue weighted by atomic mass is 16.2. The summed E-state index contributed by atoms with van der Waals surface area (Å²) in [6.07, 6.45) is 4.77. The Morgan fingerprint density at radius 2 is 2.00 bits per heavy atom. The third kappa shape index (κ3) is 3.61. The van der Waals surface area contributed by atoms with Crippen LogP contribution in [0.2, 0.25) is 0 Å². The number of nitrogens with zero attached hydrogens (tertiary/aromatic N) is 3. The van der Waals surface area contributed by atoms with Crippen LogP contribution in [0.3, 0.4) is 0 Å². The Bertz CT molecular complexity index is 839. The molecule has 2 heterocycles. The highest BCUT2D eigenvalue weighted by Crippen LogP contribution is 2.31. The van der Waals surface area contributed by atoms with Gasteiger partial charge in [0.15, 0.2) is 0 Å². The van der Waals surface area contributed by atoms with E-state index in [0.29, 0.717) is 31.0 Å². The van der Waals surface area contributed by atoms with Gasteiger partial charge in [0.2, 0.25) is 5.91 Å². The Kier molecular flexibility index (Phi) is 4.97. The first-order valence-electron chi connectivity index (χ1n) is 9.79. The minimum Gasteiger partial charge on any atom is -0.352 e. The minimum absolute atomic E-state index is 0.0674. The first-order chi connectivity index (χ1) is 13.1. The van der Waals surface area contributed by atoms with Gasteiger partial charge < -0.3 is 10.2 Å². The number of hydrogen-bond donors (Lipinski definition) is 1. The molecular weight excluding hydrogens is 340 g/mol. The van der Waals surface area contributed by atoms with E-state index < -0.39 is 0 Å². The van der Waals surface area contributed by atoms with Crippen LogP contribution < -0.4 is 5.32 Å². The molecule has 6 nitrogen and oxygen atoms in total. The lowest BCUT2D eigenvalue weighted by molar-refractivity contribution is -0.139. The van der Waals surface area contributed by atoms with Gasteiger partial charge in [0.1, 0.15) is 0 Å². The number of benzene rings is 1. The van der Waals surface area contributed by atoms with Crippen molar-refractivity contribution < 1.29 is 9.59 Å². The van der Waals surface area contributed by atoms with Crippen molar-refractivity contribution in [2.45, 2.75) is 38.6 Å². The van der Waals surface area contributed by atoms with E-state index in [1.54, 1.807) is 0 Å². The molecule has 2 aliphatic rings. The number of carbonyl (C=O) groups excluding carboxylic acids is 2. The number of aromatic nitrogens is 2. The van der Waals surface area contributed by atoms with E-state index in [9.17, 15) is 9.59 Å². The van der Waals surface area contributed by atoms with E-state index in [4.69, 9.17) is 0 Å². The number of carbonyl (C=O) groups is 2. The summed E-state index contributed by atoms with van der Waals surface area (Å²) in [5, 5.41) is 7.63. The maximum atomic E-state index is 12.6. The Labute approximate surface area is 159 Å². The van der Waals surface area contributed by atoms with Gasteiger partial charge >= 0.3 is 0 Å². The fraction of sp³-hybridized carbons (Fsp3) is 0.476. The smallest absolute Gasteiger partial charge is 0.251 e. The Morgan fingerprint density at radius 3 is 2.70 bits per heavy atom. The normalized spacial score (nSPS) is 16.6. The minimum atomic E-state index is -0.0674. The van der Waals surface area contributed by atoms with Crippen molar-refractivity contribution in [3.8, 4) is 0 Å². The summed E-state index contributed by atoms with van der Waals surface area (Å²) in [5.41, 5.74) is 4.05. The van der Waals surface area contributed by atoms with Crippen LogP contribution in [0.4, 0.5) is 0 Å². The molecule has 142 valence electrons. The maximum Gasteiger partial charge on any atom is 0.251 e. The lowest BCUT2D eigenvalue weighted by atomic mass is 9.84. The van der Waals surface area contributed by atoms with Crippen LogP contribution in [0.25, 0.3) is 0 Å². The summed E-state index contributed by atoms with van der Waals surface area (Å²) in [6, 6.07) is 9.23. The summed E-state index contributed by atoms with van der Waals surface area (Å²) >= 11 is 0. The van der Waals surface area contributed by atoms with Crippen molar-refractivity contribution in [1.82, 2.24) is 20.0 Å². The lowest BCUT2D eigenvalue weighted by Gasteiger charge is -2.34. The molecule has 0 unspecified atom stereocenters. The van der Waals surface area contributed by atoms with Gasteiger partial charge in [-0.15, -0.1) is 0 Å². The van der Waals surface area contributed by atoms with E-state index in [0.717, 1.165) is 31.5 Å². The van der Waals surface area contributed by atoms with Gasteiger partial charge in [-0.25, -0.2) is 0 Å². The zero-order valence-corrected chi connectivity index (χ0v) is 15.8. The molecule has 0 atom stereocenters. The van der Waals surface area contributed by atoms with Crippen LogP contribution in [0, 0.1) is 5.92 Å². The van der Waals surface area contributed by atoms with Gasteiger partial charge in [0.25, 0.3) is 5.91 Å². The molecule has 1 aliphatic heterocycles. The summed E-state index contributed by atoms with van der Waals surface area (Å²) in [6.45, 7) is 1.97. The molecule has 1 fully saturated rings. The molecule has 1 aliphatic carbocycles. The number of nitrogens with one attached hydrogen (secondary N) is 1. The molecule has 0 bridgehead atoms. The number of fused-ring (bicyclic) bond motifs is 1. The van der Waals surface area contributed by atoms with Gasteiger partial charge in [-0.05, 0) is 25.0 Å². The van der Waals surface area contributed by atoms with Gasteiger partial charge in [0, 0.05) is 62.3 Å². The first kappa shape index (κ1) is 17.8. The monoisotopic (exact) mass is 366 g/mol. The van der Waals surface area contributed by atoms with E-state index >= 15 is 0 Å². The van der Waals surface area contributed by atoms with E-state index in [2.05, 4.69) is 10.4 Å². The molecule has 1 saturated carbocycles. The highest BCUT2D eigenvalue weighted by Gasteiger charge is 2.33. The molecule has 1 N–H and O–H groups in total. The first-order valence-corrected chi connectivity index (χ1v) is 9.79. The van der Waals surface area contributed by atoms with Crippen LogP contribution in [0.5, 0.6) is 0 Å². The molecule has 6 heteroatoms. The second-order valence-electron chi connectivity index (χ2n) is 7.51. The fourth-order valence-electron chi connectivity index (χ4n) is 3.96. The Morgan fingerprint density at radius 1 is 1.22 bits per heavy atom. The van der Waals surface area contributed by atoms with Crippen molar-refractivity contribution in [3.05, 3.63) is 52.8 Å². The molecule has 1 aromatic heterocycles. The average Bonchev–Trinajstić information content (AvgIpc) is 2.96. The number of hydrogen-bond acceptors (Lipinski definition) is 3. The summed E-state index contributed by atoms with van der Waals surface area (Å²) in [4.78, 5) is 26.8. The highest BCUT2D eigenvalue weighted by molar-refractivity contribution is 5.94. The standard InChI is InChI=1S/C21H26N4O2/c1-24-19-11-13-25(21(27)16-8-5-9-16)14-17(19)18(23-24)10-12-22-20(26)15-6-3-2-4-7-15/h2-4,6-7,16H,5,8-14H2,1H3,(H,22,26). The maximum absolute atomic E-state index is 12.6. The van der Waals surface area contributed by atoms with Gasteiger partial charge in [-0.2, -0.15) is 5.10 Å². The van der Waals surface area contributed by atoms with Gasteiger partial charge in [-0.3, -0.25) is 14.3 Å². The van der Waals surface area contributed by atoms with E-state index in [1.165, 1.54) is 17.7 Å². The average molecular weight is 366 g/mol. The lowest BCUT2D eigenvalue weighted by Crippen LogP contribution is -2.42. The van der Waals surface area contributed by atoms with Crippen molar-refractivity contribution in [2.24, 2.45) is 13.0 Å². The zero-order chi connectivity index (χ0) is 18.8. The number of rotatable bonds is 5. The predicted molar refractivity (Wildman–Crippen MR) is 102 cm³/mol. The van der Waals surface area contributed by atoms with Crippen LogP contribution in [0.15, 0.2) is 30.3 Å². The molecular formula is C21H26N4O2. The van der Waals surface area contributed by atoms with Gasteiger partial charge in [0.05, 0.1) is 5.69 Å². The second kappa shape index (κ2) is 7.55. The largest absolute Gasteiger partial charge is 0.352 e. The third-order valence-electron chi connectivity index (χ3n) is 5.77. The molecule has 2 aromatic rings. The number of amides is 2. The molecule has 27 heavy (non-hydrogen) atoms. The van der Waals surface area contributed by atoms with E-state index in [1.807, 2.05) is 47.0 Å². The summed E-state index contributed by atoms with van der Waals surface area (Å²) in [7, 11) is 1.97. The Balaban J connectivity index is 1.39. The van der Waals surface area contributed by atoms with E-state index in [-0.39, 0.29) is 11.8 Å². The topological polar surface area (TPSA) is 67.2 Å². The van der Waals surface area contributed by atoms with Crippen LogP contribution in [0.1, 0.15) is 46.6 Å². The molecule has 0 saturated heterocycles. The molecule has 2 amide bonds. The third-order valence-corrected chi connectivity index (χ3v) is 5.77. The van der Waals surface area contributed by atoms with Crippen molar-refractivity contribution in [2.75, 3.05) is 13.1 Å². The zero-order valence-electron chi connectivity index (χ0n) is 15.8. The summed E-state index contributed by atoms with van der Waals surface area (Å²) in [5.74, 6) is 0.470. The van der Waals surface area contributed by atoms with Crippen LogP contribution >= 0.6 is 0 Å². The quantitative estimate of drug-likeness (QED) is 0.881. The van der Waals surface area contributed by atoms with Crippen LogP contribution in [-0.4, -0.2) is 39.6 Å². The van der Waals surface area contributed by atoms with Gasteiger partial charge in [-0.1, -0.05) is 24.6 Å².